The second-order valence-corrected chi connectivity index (χ2v) is 7.05. The van der Waals surface area contributed by atoms with Gasteiger partial charge in [0.05, 0.1) is 0 Å². The average Bonchev–Trinajstić information content (AvgIpc) is 2.28. The molecule has 2 nitrogen and oxygen atoms in total. The average molecular weight is 238 g/mol. The molecule has 2 atom stereocenters. The molecular weight excluding hydrogens is 208 g/mol. The summed E-state index contributed by atoms with van der Waals surface area (Å²) < 4.78 is 0. The fourth-order valence-electron chi connectivity index (χ4n) is 3.68. The molecular formula is C15H30N2. The Morgan fingerprint density at radius 2 is 2.00 bits per heavy atom. The Balaban J connectivity index is 2.00. The molecule has 0 radical (unpaired) electrons. The topological polar surface area (TPSA) is 15.3 Å². The lowest BCUT2D eigenvalue weighted by Crippen LogP contribution is -2.59. The van der Waals surface area contributed by atoms with Crippen LogP contribution in [0, 0.1) is 11.3 Å². The van der Waals surface area contributed by atoms with Gasteiger partial charge in [-0.15, -0.1) is 0 Å². The first-order valence-corrected chi connectivity index (χ1v) is 7.48. The molecule has 2 heteroatoms. The predicted octanol–water partition coefficient (Wildman–Crippen LogP) is 2.89. The first-order valence-electron chi connectivity index (χ1n) is 7.48. The van der Waals surface area contributed by atoms with Crippen LogP contribution in [0.3, 0.4) is 0 Å². The van der Waals surface area contributed by atoms with E-state index in [0.717, 1.165) is 12.0 Å². The van der Waals surface area contributed by atoms with Crippen LogP contribution in [-0.4, -0.2) is 36.6 Å². The van der Waals surface area contributed by atoms with Gasteiger partial charge in [-0.3, -0.25) is 4.90 Å². The Kier molecular flexibility index (Phi) is 4.14. The second kappa shape index (κ2) is 5.27. The van der Waals surface area contributed by atoms with E-state index in [1.54, 1.807) is 0 Å². The van der Waals surface area contributed by atoms with E-state index in [9.17, 15) is 0 Å². The van der Waals surface area contributed by atoms with Crippen LogP contribution >= 0.6 is 0 Å². The van der Waals surface area contributed by atoms with Crippen LogP contribution in [0.5, 0.6) is 0 Å². The minimum Gasteiger partial charge on any atom is -0.311 e. The van der Waals surface area contributed by atoms with Crippen LogP contribution in [-0.2, 0) is 0 Å². The van der Waals surface area contributed by atoms with Crippen molar-refractivity contribution >= 4 is 0 Å². The number of nitrogens with one attached hydrogen (secondary N) is 1. The van der Waals surface area contributed by atoms with Gasteiger partial charge in [0.15, 0.2) is 0 Å². The molecule has 0 bridgehead atoms. The molecule has 2 rings (SSSR count). The molecule has 1 aliphatic heterocycles. The number of hydrogen-bond donors (Lipinski definition) is 1. The quantitative estimate of drug-likeness (QED) is 0.796. The number of hydrogen-bond acceptors (Lipinski definition) is 2. The summed E-state index contributed by atoms with van der Waals surface area (Å²) in [6, 6.07) is 1.51. The lowest BCUT2D eigenvalue weighted by Gasteiger charge is -2.49. The van der Waals surface area contributed by atoms with E-state index in [1.807, 2.05) is 0 Å². The molecule has 2 unspecified atom stereocenters. The summed E-state index contributed by atoms with van der Waals surface area (Å²) in [7, 11) is 0. The molecule has 1 aliphatic carbocycles. The Hall–Kier alpha value is -0.0800. The lowest BCUT2D eigenvalue weighted by molar-refractivity contribution is 0.0238. The summed E-state index contributed by atoms with van der Waals surface area (Å²) >= 11 is 0. The van der Waals surface area contributed by atoms with Gasteiger partial charge in [0.1, 0.15) is 0 Å². The van der Waals surface area contributed by atoms with Crippen LogP contribution in [0.4, 0.5) is 0 Å². The van der Waals surface area contributed by atoms with Gasteiger partial charge in [0.25, 0.3) is 0 Å². The van der Waals surface area contributed by atoms with Gasteiger partial charge in [0, 0.05) is 31.7 Å². The molecule has 2 fully saturated rings. The predicted molar refractivity (Wildman–Crippen MR) is 74.2 cm³/mol. The van der Waals surface area contributed by atoms with Gasteiger partial charge in [-0.2, -0.15) is 0 Å². The molecule has 0 amide bonds. The number of nitrogens with zero attached hydrogens (tertiary/aromatic N) is 1. The molecule has 1 heterocycles. The Morgan fingerprint density at radius 1 is 1.24 bits per heavy atom. The fraction of sp³-hybridized carbons (Fsp3) is 1.00. The standard InChI is InChI=1S/C15H30N2/c1-12(2)13-11-17(10-9-16-13)14-7-5-6-8-15(14,3)4/h12-14,16H,5-11H2,1-4H3. The summed E-state index contributed by atoms with van der Waals surface area (Å²) in [6.45, 7) is 13.3. The van der Waals surface area contributed by atoms with E-state index in [-0.39, 0.29) is 0 Å². The highest BCUT2D eigenvalue weighted by molar-refractivity contribution is 4.93. The van der Waals surface area contributed by atoms with Gasteiger partial charge >= 0.3 is 0 Å². The van der Waals surface area contributed by atoms with Gasteiger partial charge in [0.2, 0.25) is 0 Å². The first-order chi connectivity index (χ1) is 8.00. The molecule has 1 N–H and O–H groups in total. The van der Waals surface area contributed by atoms with Crippen LogP contribution in [0.25, 0.3) is 0 Å². The molecule has 17 heavy (non-hydrogen) atoms. The van der Waals surface area contributed by atoms with Crippen molar-refractivity contribution in [2.75, 3.05) is 19.6 Å². The van der Waals surface area contributed by atoms with Crippen molar-refractivity contribution in [2.24, 2.45) is 11.3 Å². The van der Waals surface area contributed by atoms with Crippen molar-refractivity contribution in [3.8, 4) is 0 Å². The number of rotatable bonds is 2. The van der Waals surface area contributed by atoms with Gasteiger partial charge in [-0.05, 0) is 24.2 Å². The first kappa shape index (κ1) is 13.4. The van der Waals surface area contributed by atoms with Crippen LogP contribution in [0.1, 0.15) is 53.4 Å². The van der Waals surface area contributed by atoms with E-state index in [2.05, 4.69) is 37.9 Å². The number of piperazine rings is 1. The summed E-state index contributed by atoms with van der Waals surface area (Å²) in [4.78, 5) is 2.78. The third kappa shape index (κ3) is 3.03. The summed E-state index contributed by atoms with van der Waals surface area (Å²) in [5, 5.41) is 3.67. The minimum absolute atomic E-state index is 0.525. The summed E-state index contributed by atoms with van der Waals surface area (Å²) in [5.41, 5.74) is 0.525. The maximum Gasteiger partial charge on any atom is 0.0218 e. The fourth-order valence-corrected chi connectivity index (χ4v) is 3.68. The lowest BCUT2D eigenvalue weighted by atomic mass is 9.72. The summed E-state index contributed by atoms with van der Waals surface area (Å²) in [6.07, 6.45) is 5.69. The molecule has 1 saturated heterocycles. The van der Waals surface area contributed by atoms with Crippen molar-refractivity contribution in [3.63, 3.8) is 0 Å². The SMILES string of the molecule is CC(C)C1CN(C2CCCCC2(C)C)CCN1. The normalized spacial score (nSPS) is 35.1. The van der Waals surface area contributed by atoms with Crippen molar-refractivity contribution in [2.45, 2.75) is 65.5 Å². The van der Waals surface area contributed by atoms with Gasteiger partial charge in [-0.1, -0.05) is 40.5 Å². The molecule has 0 aromatic carbocycles. The zero-order chi connectivity index (χ0) is 12.5. The highest BCUT2D eigenvalue weighted by Crippen LogP contribution is 2.39. The molecule has 2 aliphatic rings. The third-order valence-corrected chi connectivity index (χ3v) is 4.93. The van der Waals surface area contributed by atoms with E-state index in [0.29, 0.717) is 11.5 Å². The minimum atomic E-state index is 0.525. The maximum atomic E-state index is 3.67. The van der Waals surface area contributed by atoms with Crippen LogP contribution in [0.2, 0.25) is 0 Å². The molecule has 0 aromatic heterocycles. The highest BCUT2D eigenvalue weighted by atomic mass is 15.2. The smallest absolute Gasteiger partial charge is 0.0218 e. The zero-order valence-corrected chi connectivity index (χ0v) is 12.1. The van der Waals surface area contributed by atoms with E-state index in [1.165, 1.54) is 45.3 Å². The van der Waals surface area contributed by atoms with Crippen LogP contribution in [0.15, 0.2) is 0 Å². The second-order valence-electron chi connectivity index (χ2n) is 7.05. The highest BCUT2D eigenvalue weighted by Gasteiger charge is 2.38. The third-order valence-electron chi connectivity index (χ3n) is 4.93. The van der Waals surface area contributed by atoms with Crippen LogP contribution < -0.4 is 5.32 Å². The largest absolute Gasteiger partial charge is 0.311 e. The zero-order valence-electron chi connectivity index (χ0n) is 12.1. The van der Waals surface area contributed by atoms with E-state index in [4.69, 9.17) is 0 Å². The molecule has 100 valence electrons. The molecule has 0 spiro atoms. The van der Waals surface area contributed by atoms with Gasteiger partial charge in [-0.25, -0.2) is 0 Å². The summed E-state index contributed by atoms with van der Waals surface area (Å²) in [5.74, 6) is 0.754. The van der Waals surface area contributed by atoms with Crippen molar-refractivity contribution in [1.29, 1.82) is 0 Å². The molecule has 0 aromatic rings. The van der Waals surface area contributed by atoms with Crippen molar-refractivity contribution in [1.82, 2.24) is 10.2 Å². The van der Waals surface area contributed by atoms with Gasteiger partial charge < -0.3 is 5.32 Å². The maximum absolute atomic E-state index is 3.67. The Morgan fingerprint density at radius 3 is 2.65 bits per heavy atom. The molecule has 1 saturated carbocycles. The van der Waals surface area contributed by atoms with Crippen molar-refractivity contribution in [3.05, 3.63) is 0 Å². The van der Waals surface area contributed by atoms with Crippen molar-refractivity contribution < 1.29 is 0 Å². The Bertz CT molecular complexity index is 247. The van der Waals surface area contributed by atoms with E-state index >= 15 is 0 Å². The monoisotopic (exact) mass is 238 g/mol. The Labute approximate surface area is 107 Å². The van der Waals surface area contributed by atoms with E-state index < -0.39 is 0 Å².